The lowest BCUT2D eigenvalue weighted by Gasteiger charge is -2.13. The molecular formula is C11H9F3N4S2. The van der Waals surface area contributed by atoms with Crippen LogP contribution in [0.5, 0.6) is 0 Å². The molecule has 3 N–H and O–H groups in total. The molecule has 0 aliphatic heterocycles. The van der Waals surface area contributed by atoms with Crippen molar-refractivity contribution >= 4 is 28.9 Å². The summed E-state index contributed by atoms with van der Waals surface area (Å²) in [5.74, 6) is -0.611. The third kappa shape index (κ3) is 3.28. The summed E-state index contributed by atoms with van der Waals surface area (Å²) in [5, 5.41) is 15.6. The third-order valence-electron chi connectivity index (χ3n) is 2.30. The second-order valence-electron chi connectivity index (χ2n) is 3.81. The average molecular weight is 318 g/mol. The van der Waals surface area contributed by atoms with Crippen LogP contribution in [0.15, 0.2) is 27.4 Å². The highest BCUT2D eigenvalue weighted by Crippen LogP contribution is 2.37. The molecule has 0 aliphatic carbocycles. The van der Waals surface area contributed by atoms with Gasteiger partial charge in [-0.3, -0.25) is 5.41 Å². The molecule has 2 aromatic rings. The number of nitrogens with zero attached hydrogens (tertiary/aromatic N) is 2. The Kier molecular flexibility index (Phi) is 4.00. The number of benzene rings is 1. The van der Waals surface area contributed by atoms with E-state index in [9.17, 15) is 13.2 Å². The molecule has 1 aromatic heterocycles. The molecule has 9 heteroatoms. The quantitative estimate of drug-likeness (QED) is 0.672. The molecule has 4 nitrogen and oxygen atoms in total. The molecule has 0 radical (unpaired) electrons. The van der Waals surface area contributed by atoms with E-state index in [0.29, 0.717) is 9.24 Å². The second-order valence-corrected chi connectivity index (χ2v) is 6.31. The van der Waals surface area contributed by atoms with Gasteiger partial charge >= 0.3 is 6.18 Å². The number of aromatic nitrogens is 2. The number of hydrogen-bond donors (Lipinski definition) is 2. The van der Waals surface area contributed by atoms with Crippen molar-refractivity contribution in [1.82, 2.24) is 10.2 Å². The zero-order valence-electron chi connectivity index (χ0n) is 10.2. The first-order valence-corrected chi connectivity index (χ1v) is 6.94. The lowest BCUT2D eigenvalue weighted by molar-refractivity contribution is -0.137. The van der Waals surface area contributed by atoms with Gasteiger partial charge in [-0.05, 0) is 25.1 Å². The van der Waals surface area contributed by atoms with Crippen molar-refractivity contribution < 1.29 is 13.2 Å². The molecule has 0 amide bonds. The van der Waals surface area contributed by atoms with E-state index in [0.717, 1.165) is 22.8 Å². The summed E-state index contributed by atoms with van der Waals surface area (Å²) < 4.78 is 39.4. The third-order valence-corrected chi connectivity index (χ3v) is 4.18. The largest absolute Gasteiger partial charge is 0.417 e. The van der Waals surface area contributed by atoms with Crippen molar-refractivity contribution in [2.45, 2.75) is 22.3 Å². The summed E-state index contributed by atoms with van der Waals surface area (Å²) >= 11 is 2.39. The van der Waals surface area contributed by atoms with Crippen LogP contribution >= 0.6 is 23.1 Å². The van der Waals surface area contributed by atoms with Crippen LogP contribution < -0.4 is 5.73 Å². The smallest absolute Gasteiger partial charge is 0.384 e. The van der Waals surface area contributed by atoms with Crippen LogP contribution in [-0.4, -0.2) is 16.0 Å². The summed E-state index contributed by atoms with van der Waals surface area (Å²) in [6, 6.07) is 3.65. The van der Waals surface area contributed by atoms with Crippen molar-refractivity contribution in [3.05, 3.63) is 34.3 Å². The van der Waals surface area contributed by atoms with Gasteiger partial charge in [0.05, 0.1) is 5.56 Å². The van der Waals surface area contributed by atoms with Gasteiger partial charge in [-0.2, -0.15) is 13.2 Å². The van der Waals surface area contributed by atoms with Gasteiger partial charge in [0.2, 0.25) is 0 Å². The predicted molar refractivity (Wildman–Crippen MR) is 71.2 cm³/mol. The van der Waals surface area contributed by atoms with Crippen LogP contribution in [-0.2, 0) is 6.18 Å². The highest BCUT2D eigenvalue weighted by atomic mass is 32.2. The minimum Gasteiger partial charge on any atom is -0.384 e. The topological polar surface area (TPSA) is 75.7 Å². The van der Waals surface area contributed by atoms with E-state index < -0.39 is 17.6 Å². The molecule has 0 spiro atoms. The van der Waals surface area contributed by atoms with Crippen molar-refractivity contribution in [3.8, 4) is 0 Å². The molecule has 0 bridgehead atoms. The maximum Gasteiger partial charge on any atom is 0.417 e. The van der Waals surface area contributed by atoms with Crippen molar-refractivity contribution in [1.29, 1.82) is 5.41 Å². The number of nitrogens with one attached hydrogen (secondary N) is 1. The number of nitrogen functional groups attached to an aromatic ring is 1. The van der Waals surface area contributed by atoms with Gasteiger partial charge in [-0.15, -0.1) is 10.2 Å². The number of aryl methyl sites for hydroxylation is 1. The van der Waals surface area contributed by atoms with Crippen LogP contribution in [0.25, 0.3) is 0 Å². The summed E-state index contributed by atoms with van der Waals surface area (Å²) in [5.41, 5.74) is 3.93. The summed E-state index contributed by atoms with van der Waals surface area (Å²) in [6.45, 7) is 1.77. The van der Waals surface area contributed by atoms with Gasteiger partial charge < -0.3 is 5.73 Å². The Labute approximate surface area is 120 Å². The zero-order valence-corrected chi connectivity index (χ0v) is 11.8. The van der Waals surface area contributed by atoms with Crippen LogP contribution in [0, 0.1) is 12.3 Å². The molecule has 0 saturated carbocycles. The van der Waals surface area contributed by atoms with Gasteiger partial charge in [0.1, 0.15) is 10.8 Å². The van der Waals surface area contributed by atoms with Gasteiger partial charge in [0.15, 0.2) is 4.34 Å². The Bertz CT molecular complexity index is 651. The number of hydrogen-bond acceptors (Lipinski definition) is 5. The fraction of sp³-hybridized carbons (Fsp3) is 0.182. The molecule has 0 unspecified atom stereocenters. The Morgan fingerprint density at radius 3 is 2.55 bits per heavy atom. The monoisotopic (exact) mass is 318 g/mol. The summed E-state index contributed by atoms with van der Waals surface area (Å²) in [7, 11) is 0. The van der Waals surface area contributed by atoms with Crippen molar-refractivity contribution in [2.75, 3.05) is 0 Å². The van der Waals surface area contributed by atoms with Crippen LogP contribution in [0.4, 0.5) is 13.2 Å². The first-order chi connectivity index (χ1) is 9.27. The molecule has 20 heavy (non-hydrogen) atoms. The standard InChI is InChI=1S/C11H9F3N4S2/c1-5-17-18-10(19-5)20-6-2-3-7(9(15)16)8(4-6)11(12,13)14/h2-4H,1H3,(H3,15,16). The fourth-order valence-corrected chi connectivity index (χ4v) is 3.31. The van der Waals surface area contributed by atoms with E-state index in [1.165, 1.54) is 23.5 Å². The Morgan fingerprint density at radius 2 is 2.05 bits per heavy atom. The van der Waals surface area contributed by atoms with E-state index in [4.69, 9.17) is 11.1 Å². The SMILES string of the molecule is Cc1nnc(Sc2ccc(C(=N)N)c(C(F)(F)F)c2)s1. The number of amidine groups is 1. The minimum atomic E-state index is -4.56. The number of nitrogens with two attached hydrogens (primary N) is 1. The minimum absolute atomic E-state index is 0.324. The van der Waals surface area contributed by atoms with Gasteiger partial charge in [-0.1, -0.05) is 23.1 Å². The first-order valence-electron chi connectivity index (χ1n) is 5.31. The second kappa shape index (κ2) is 5.41. The Morgan fingerprint density at radius 1 is 1.35 bits per heavy atom. The fourth-order valence-electron chi connectivity index (χ4n) is 1.48. The van der Waals surface area contributed by atoms with E-state index in [-0.39, 0.29) is 5.56 Å². The Hall–Kier alpha value is -1.61. The first kappa shape index (κ1) is 14.8. The van der Waals surface area contributed by atoms with Gasteiger partial charge in [-0.25, -0.2) is 0 Å². The van der Waals surface area contributed by atoms with Crippen molar-refractivity contribution in [3.63, 3.8) is 0 Å². The summed E-state index contributed by atoms with van der Waals surface area (Å²) in [6.07, 6.45) is -4.56. The van der Waals surface area contributed by atoms with E-state index in [1.54, 1.807) is 6.92 Å². The maximum absolute atomic E-state index is 12.9. The molecule has 0 saturated heterocycles. The molecule has 0 fully saturated rings. The van der Waals surface area contributed by atoms with Gasteiger partial charge in [0.25, 0.3) is 0 Å². The van der Waals surface area contributed by atoms with Gasteiger partial charge in [0, 0.05) is 10.5 Å². The Balaban J connectivity index is 2.39. The van der Waals surface area contributed by atoms with E-state index >= 15 is 0 Å². The molecule has 2 rings (SSSR count). The molecule has 1 heterocycles. The van der Waals surface area contributed by atoms with Crippen molar-refractivity contribution in [2.24, 2.45) is 5.73 Å². The summed E-state index contributed by atoms with van der Waals surface area (Å²) in [4.78, 5) is 0.374. The molecule has 0 aliphatic rings. The molecular weight excluding hydrogens is 309 g/mol. The maximum atomic E-state index is 12.9. The number of halogens is 3. The average Bonchev–Trinajstić information content (AvgIpc) is 2.73. The number of alkyl halides is 3. The normalized spacial score (nSPS) is 11.6. The molecule has 0 atom stereocenters. The van der Waals surface area contributed by atoms with Crippen LogP contribution in [0.1, 0.15) is 16.1 Å². The predicted octanol–water partition coefficient (Wildman–Crippen LogP) is 3.30. The molecule has 1 aromatic carbocycles. The highest BCUT2D eigenvalue weighted by molar-refractivity contribution is 8.01. The van der Waals surface area contributed by atoms with E-state index in [2.05, 4.69) is 10.2 Å². The highest BCUT2D eigenvalue weighted by Gasteiger charge is 2.34. The van der Waals surface area contributed by atoms with Crippen LogP contribution in [0.3, 0.4) is 0 Å². The number of rotatable bonds is 3. The van der Waals surface area contributed by atoms with Crippen LogP contribution in [0.2, 0.25) is 0 Å². The molecule has 106 valence electrons. The lowest BCUT2D eigenvalue weighted by atomic mass is 10.1. The zero-order chi connectivity index (χ0) is 14.9. The van der Waals surface area contributed by atoms with E-state index in [1.807, 2.05) is 0 Å². The lowest BCUT2D eigenvalue weighted by Crippen LogP contribution is -2.18.